The molecule has 1 amide bonds. The number of nitrogens with two attached hydrogens (primary N) is 3. The summed E-state index contributed by atoms with van der Waals surface area (Å²) < 4.78 is 12.0. The van der Waals surface area contributed by atoms with Gasteiger partial charge in [-0.1, -0.05) is 6.07 Å². The maximum atomic E-state index is 13.0. The molecule has 0 bridgehead atoms. The Balaban J connectivity index is 1.59. The number of likely N-dealkylation sites (N-methyl/N-ethyl adjacent to an activating group) is 1. The van der Waals surface area contributed by atoms with Crippen molar-refractivity contribution in [3.05, 3.63) is 83.4 Å². The van der Waals surface area contributed by atoms with E-state index in [9.17, 15) is 14.7 Å². The van der Waals surface area contributed by atoms with Crippen LogP contribution >= 0.6 is 0 Å². The van der Waals surface area contributed by atoms with Gasteiger partial charge in [0.15, 0.2) is 17.8 Å². The lowest BCUT2D eigenvalue weighted by atomic mass is 10.1. The number of nitrogens with one attached hydrogen (secondary N) is 3. The second-order valence-electron chi connectivity index (χ2n) is 8.65. The van der Waals surface area contributed by atoms with Crippen LogP contribution in [-0.2, 0) is 4.79 Å². The third-order valence-corrected chi connectivity index (χ3v) is 5.81. The van der Waals surface area contributed by atoms with Gasteiger partial charge in [0, 0.05) is 18.7 Å². The van der Waals surface area contributed by atoms with Crippen LogP contribution in [0.25, 0.3) is 0 Å². The van der Waals surface area contributed by atoms with Crippen LogP contribution in [0.5, 0.6) is 11.5 Å². The number of aliphatic imine (C=N–C) groups is 3. The summed E-state index contributed by atoms with van der Waals surface area (Å²) in [6.45, 7) is 0. The zero-order valence-corrected chi connectivity index (χ0v) is 21.3. The van der Waals surface area contributed by atoms with Crippen LogP contribution in [0.15, 0.2) is 81.5 Å². The van der Waals surface area contributed by atoms with E-state index < -0.39 is 23.8 Å². The number of carboxylic acids is 1. The number of benzene rings is 2. The second kappa shape index (κ2) is 10.5. The summed E-state index contributed by atoms with van der Waals surface area (Å²) in [5.74, 6) is -1.89. The number of H-pyrrole nitrogens is 1. The van der Waals surface area contributed by atoms with E-state index in [1.165, 1.54) is 35.6 Å². The predicted octanol–water partition coefficient (Wildman–Crippen LogP) is 0.495. The number of imidazole rings is 1. The van der Waals surface area contributed by atoms with Crippen LogP contribution in [0.1, 0.15) is 27.7 Å². The van der Waals surface area contributed by atoms with Crippen LogP contribution in [-0.4, -0.2) is 62.6 Å². The van der Waals surface area contributed by atoms with Crippen molar-refractivity contribution in [2.45, 2.75) is 6.04 Å². The lowest BCUT2D eigenvalue weighted by Crippen LogP contribution is -2.49. The Bertz CT molecular complexity index is 1690. The number of nitrogen functional groups attached to an aromatic ring is 1. The molecule has 3 heterocycles. The molecule has 1 atom stereocenters. The molecule has 16 heteroatoms. The zero-order valence-electron chi connectivity index (χ0n) is 21.3. The number of guanidine groups is 1. The number of hydrogen-bond acceptors (Lipinski definition) is 10. The summed E-state index contributed by atoms with van der Waals surface area (Å²) in [7, 11) is 1.63. The molecule has 1 unspecified atom stereocenters. The summed E-state index contributed by atoms with van der Waals surface area (Å²) in [6, 6.07) is 9.56. The first-order valence-corrected chi connectivity index (χ1v) is 11.8. The molecular formula is C25H23N11O5. The minimum Gasteiger partial charge on any atom is -0.478 e. The fraction of sp³-hybridized carbons (Fsp3) is 0.0800. The van der Waals surface area contributed by atoms with E-state index in [0.29, 0.717) is 17.1 Å². The van der Waals surface area contributed by atoms with Crippen molar-refractivity contribution in [3.8, 4) is 11.5 Å². The van der Waals surface area contributed by atoms with E-state index in [-0.39, 0.29) is 46.3 Å². The van der Waals surface area contributed by atoms with Gasteiger partial charge in [-0.3, -0.25) is 15.1 Å². The number of fused-ring (bicyclic) bond motifs is 1. The van der Waals surface area contributed by atoms with Gasteiger partial charge in [0.05, 0.1) is 29.5 Å². The first-order valence-electron chi connectivity index (χ1n) is 11.8. The lowest BCUT2D eigenvalue weighted by molar-refractivity contribution is -0.122. The van der Waals surface area contributed by atoms with Crippen LogP contribution in [0.2, 0.25) is 0 Å². The van der Waals surface area contributed by atoms with E-state index in [1.807, 2.05) is 0 Å². The average Bonchev–Trinajstić information content (AvgIpc) is 3.45. The van der Waals surface area contributed by atoms with Crippen LogP contribution < -0.4 is 32.0 Å². The normalized spacial score (nSPS) is 16.2. The summed E-state index contributed by atoms with van der Waals surface area (Å²) in [4.78, 5) is 46.2. The Kier molecular flexibility index (Phi) is 6.78. The first kappa shape index (κ1) is 26.4. The van der Waals surface area contributed by atoms with E-state index in [2.05, 4.69) is 30.3 Å². The van der Waals surface area contributed by atoms with Crippen molar-refractivity contribution in [1.29, 1.82) is 5.41 Å². The van der Waals surface area contributed by atoms with Gasteiger partial charge < -0.3 is 42.1 Å². The molecule has 2 aliphatic rings. The van der Waals surface area contributed by atoms with E-state index in [4.69, 9.17) is 32.1 Å². The maximum Gasteiger partial charge on any atom is 0.336 e. The molecule has 41 heavy (non-hydrogen) atoms. The molecular weight excluding hydrogens is 534 g/mol. The van der Waals surface area contributed by atoms with Crippen molar-refractivity contribution in [2.75, 3.05) is 7.05 Å². The van der Waals surface area contributed by atoms with Crippen molar-refractivity contribution in [1.82, 2.24) is 20.2 Å². The molecule has 0 spiro atoms. The van der Waals surface area contributed by atoms with Gasteiger partial charge in [-0.15, -0.1) is 0 Å². The Hall–Kier alpha value is -6.19. The minimum absolute atomic E-state index is 0.00248. The highest BCUT2D eigenvalue weighted by atomic mass is 16.5. The number of amidine groups is 3. The molecule has 208 valence electrons. The smallest absolute Gasteiger partial charge is 0.336 e. The fourth-order valence-corrected chi connectivity index (χ4v) is 3.98. The topological polar surface area (TPSA) is 256 Å². The molecule has 3 aromatic rings. The predicted molar refractivity (Wildman–Crippen MR) is 147 cm³/mol. The van der Waals surface area contributed by atoms with Crippen LogP contribution in [0.3, 0.4) is 0 Å². The molecule has 1 aromatic heterocycles. The molecule has 0 aliphatic carbocycles. The first-order chi connectivity index (χ1) is 19.6. The number of nitrogens with zero attached hydrogens (tertiary/aromatic N) is 5. The molecule has 2 aromatic carbocycles. The highest BCUT2D eigenvalue weighted by Crippen LogP contribution is 2.30. The molecule has 10 N–H and O–H groups in total. The summed E-state index contributed by atoms with van der Waals surface area (Å²) in [5.41, 5.74) is 17.2. The number of rotatable bonds is 7. The highest BCUT2D eigenvalue weighted by molar-refractivity contribution is 6.14. The van der Waals surface area contributed by atoms with Crippen molar-refractivity contribution < 1.29 is 24.2 Å². The fourth-order valence-electron chi connectivity index (χ4n) is 3.98. The van der Waals surface area contributed by atoms with E-state index in [0.717, 1.165) is 0 Å². The number of aromatic carboxylic acids is 1. The van der Waals surface area contributed by atoms with Crippen molar-refractivity contribution in [3.63, 3.8) is 0 Å². The quantitative estimate of drug-likeness (QED) is 0.156. The Labute approximate surface area is 231 Å². The highest BCUT2D eigenvalue weighted by Gasteiger charge is 2.38. The number of hydrogen-bond donors (Lipinski definition) is 7. The zero-order chi connectivity index (χ0) is 29.3. The van der Waals surface area contributed by atoms with Gasteiger partial charge in [-0.25, -0.2) is 19.8 Å². The summed E-state index contributed by atoms with van der Waals surface area (Å²) >= 11 is 0. The largest absolute Gasteiger partial charge is 0.478 e. The van der Waals surface area contributed by atoms with Gasteiger partial charge in [0.25, 0.3) is 11.8 Å². The van der Waals surface area contributed by atoms with E-state index >= 15 is 0 Å². The van der Waals surface area contributed by atoms with Gasteiger partial charge in [0.2, 0.25) is 0 Å². The summed E-state index contributed by atoms with van der Waals surface area (Å²) in [5, 5.41) is 20.0. The Morgan fingerprint density at radius 1 is 1.12 bits per heavy atom. The minimum atomic E-state index is -1.31. The molecule has 5 rings (SSSR count). The SMILES string of the molecule is CN1C(Oc2cccc(N=C(N)N)c2)=NC(Oc2ccc(C(=N)N)c(C(=O)O)c2)=C2NC(=O)C(c3cnc[nH]3)N=C21. The Morgan fingerprint density at radius 3 is 2.59 bits per heavy atom. The summed E-state index contributed by atoms with van der Waals surface area (Å²) in [6.07, 6.45) is 2.91. The number of aromatic nitrogens is 2. The number of carbonyl (C=O) groups excluding carboxylic acids is 1. The van der Waals surface area contributed by atoms with Crippen LogP contribution in [0, 0.1) is 5.41 Å². The number of amides is 1. The molecule has 0 saturated carbocycles. The lowest BCUT2D eigenvalue weighted by Gasteiger charge is -2.32. The standard InChI is InChI=1S/C25H23N11O5/c1-36-20-18(34-21(37)17(33-20)16-9-30-10-31-16)22(40-13-5-6-14(19(26)27)15(8-13)23(38)39)35-25(36)41-12-4-2-3-11(7-12)32-24(28)29/h2-10,17H,1H3,(H3,26,27)(H,30,31)(H,34,37)(H,38,39)(H4,28,29,32). The van der Waals surface area contributed by atoms with Crippen molar-refractivity contribution >= 4 is 41.2 Å². The second-order valence-corrected chi connectivity index (χ2v) is 8.65. The van der Waals surface area contributed by atoms with Gasteiger partial charge >= 0.3 is 12.0 Å². The van der Waals surface area contributed by atoms with Crippen LogP contribution in [0.4, 0.5) is 5.69 Å². The third-order valence-electron chi connectivity index (χ3n) is 5.81. The van der Waals surface area contributed by atoms with E-state index in [1.54, 1.807) is 31.3 Å². The number of aromatic amines is 1. The third kappa shape index (κ3) is 5.37. The van der Waals surface area contributed by atoms with Gasteiger partial charge in [0.1, 0.15) is 23.0 Å². The monoisotopic (exact) mass is 557 g/mol. The average molecular weight is 558 g/mol. The van der Waals surface area contributed by atoms with Gasteiger partial charge in [-0.2, -0.15) is 4.99 Å². The number of carboxylic acid groups (broad SMARTS) is 1. The molecule has 0 fully saturated rings. The molecule has 0 saturated heterocycles. The van der Waals surface area contributed by atoms with Gasteiger partial charge in [-0.05, 0) is 30.3 Å². The number of ether oxygens (including phenoxy) is 2. The van der Waals surface area contributed by atoms with Crippen molar-refractivity contribution in [2.24, 2.45) is 32.2 Å². The number of carbonyl (C=O) groups is 2. The molecule has 16 nitrogen and oxygen atoms in total. The molecule has 2 aliphatic heterocycles. The molecule has 0 radical (unpaired) electrons. The maximum absolute atomic E-state index is 13.0. The Morgan fingerprint density at radius 2 is 1.90 bits per heavy atom.